The summed E-state index contributed by atoms with van der Waals surface area (Å²) in [6.07, 6.45) is 2.81. The minimum Gasteiger partial charge on any atom is -0.480 e. The maximum atomic E-state index is 12.8. The van der Waals surface area contributed by atoms with Crippen molar-refractivity contribution in [1.29, 1.82) is 0 Å². The molecule has 1 amide bonds. The number of carbonyl (C=O) groups excluding carboxylic acids is 1. The van der Waals surface area contributed by atoms with E-state index in [1.165, 1.54) is 9.21 Å². The number of carboxylic acids is 1. The Kier molecular flexibility index (Phi) is 5.10. The van der Waals surface area contributed by atoms with Gasteiger partial charge in [0.2, 0.25) is 15.9 Å². The van der Waals surface area contributed by atoms with Crippen LogP contribution in [0.4, 0.5) is 0 Å². The third-order valence-corrected chi connectivity index (χ3v) is 6.57. The highest BCUT2D eigenvalue weighted by molar-refractivity contribution is 7.89. The predicted molar refractivity (Wildman–Crippen MR) is 90.3 cm³/mol. The fourth-order valence-corrected chi connectivity index (χ4v) is 4.80. The summed E-state index contributed by atoms with van der Waals surface area (Å²) in [5.41, 5.74) is 0. The highest BCUT2D eigenvalue weighted by atomic mass is 32.2. The third-order valence-electron chi connectivity index (χ3n) is 4.69. The lowest BCUT2D eigenvalue weighted by molar-refractivity contribution is -0.147. The summed E-state index contributed by atoms with van der Waals surface area (Å²) in [7, 11) is -3.64. The number of benzene rings is 1. The van der Waals surface area contributed by atoms with Crippen molar-refractivity contribution in [2.75, 3.05) is 19.6 Å². The third kappa shape index (κ3) is 4.01. The van der Waals surface area contributed by atoms with E-state index in [0.29, 0.717) is 19.4 Å². The molecule has 0 aromatic heterocycles. The summed E-state index contributed by atoms with van der Waals surface area (Å²) in [6, 6.07) is 8.16. The van der Waals surface area contributed by atoms with Crippen LogP contribution in [0.5, 0.6) is 0 Å². The molecule has 0 spiro atoms. The molecule has 1 saturated heterocycles. The van der Waals surface area contributed by atoms with Gasteiger partial charge in [-0.1, -0.05) is 18.2 Å². The van der Waals surface area contributed by atoms with Crippen LogP contribution in [-0.2, 0) is 19.6 Å². The van der Waals surface area contributed by atoms with Crippen LogP contribution in [0.25, 0.3) is 0 Å². The van der Waals surface area contributed by atoms with Crippen LogP contribution in [0.2, 0.25) is 0 Å². The average molecular weight is 366 g/mol. The Morgan fingerprint density at radius 1 is 1.16 bits per heavy atom. The second-order valence-electron chi connectivity index (χ2n) is 6.61. The van der Waals surface area contributed by atoms with Crippen molar-refractivity contribution in [2.45, 2.75) is 36.6 Å². The van der Waals surface area contributed by atoms with E-state index in [4.69, 9.17) is 5.11 Å². The second kappa shape index (κ2) is 7.13. The van der Waals surface area contributed by atoms with Gasteiger partial charge in [0.05, 0.1) is 10.8 Å². The van der Waals surface area contributed by atoms with E-state index in [9.17, 15) is 18.0 Å². The standard InChI is InChI=1S/C17H22N2O5S/c20-16(21)12-19(14-8-9-14)17(22)13-5-4-10-18(11-13)25(23,24)15-6-2-1-3-7-15/h1-3,6-7,13-14H,4-5,8-12H2,(H,20,21). The van der Waals surface area contributed by atoms with E-state index < -0.39 is 21.9 Å². The normalized spacial score (nSPS) is 21.7. The lowest BCUT2D eigenvalue weighted by atomic mass is 9.98. The van der Waals surface area contributed by atoms with E-state index in [0.717, 1.165) is 12.8 Å². The quantitative estimate of drug-likeness (QED) is 0.815. The van der Waals surface area contributed by atoms with Gasteiger partial charge in [0.15, 0.2) is 0 Å². The van der Waals surface area contributed by atoms with Crippen molar-refractivity contribution in [1.82, 2.24) is 9.21 Å². The molecule has 2 aliphatic rings. The molecule has 2 fully saturated rings. The van der Waals surface area contributed by atoms with Crippen LogP contribution in [0.15, 0.2) is 35.2 Å². The number of aliphatic carboxylic acids is 1. The fraction of sp³-hybridized carbons (Fsp3) is 0.529. The molecule has 0 bridgehead atoms. The molecule has 1 N–H and O–H groups in total. The molecule has 25 heavy (non-hydrogen) atoms. The Balaban J connectivity index is 1.74. The van der Waals surface area contributed by atoms with Crippen LogP contribution in [-0.4, -0.2) is 60.3 Å². The molecular formula is C17H22N2O5S. The lowest BCUT2D eigenvalue weighted by Gasteiger charge is -2.34. The van der Waals surface area contributed by atoms with E-state index in [1.807, 2.05) is 0 Å². The number of piperidine rings is 1. The van der Waals surface area contributed by atoms with Crippen molar-refractivity contribution in [3.63, 3.8) is 0 Å². The molecule has 0 radical (unpaired) electrons. The molecule has 1 unspecified atom stereocenters. The van der Waals surface area contributed by atoms with Gasteiger partial charge in [-0.15, -0.1) is 0 Å². The highest BCUT2D eigenvalue weighted by Crippen LogP contribution is 2.31. The zero-order valence-corrected chi connectivity index (χ0v) is 14.7. The number of amides is 1. The molecule has 1 aliphatic carbocycles. The van der Waals surface area contributed by atoms with E-state index in [1.54, 1.807) is 30.3 Å². The molecule has 1 heterocycles. The average Bonchev–Trinajstić information content (AvgIpc) is 3.45. The Morgan fingerprint density at radius 3 is 2.44 bits per heavy atom. The zero-order valence-electron chi connectivity index (χ0n) is 13.9. The lowest BCUT2D eigenvalue weighted by Crippen LogP contribution is -2.48. The van der Waals surface area contributed by atoms with Gasteiger partial charge >= 0.3 is 5.97 Å². The molecule has 1 saturated carbocycles. The van der Waals surface area contributed by atoms with Gasteiger partial charge in [0.1, 0.15) is 6.54 Å². The zero-order chi connectivity index (χ0) is 18.0. The topological polar surface area (TPSA) is 95.0 Å². The van der Waals surface area contributed by atoms with Crippen molar-refractivity contribution in [3.8, 4) is 0 Å². The van der Waals surface area contributed by atoms with E-state index in [2.05, 4.69) is 0 Å². The summed E-state index contributed by atoms with van der Waals surface area (Å²) in [5, 5.41) is 9.04. The highest BCUT2D eigenvalue weighted by Gasteiger charge is 2.40. The van der Waals surface area contributed by atoms with Crippen molar-refractivity contribution in [3.05, 3.63) is 30.3 Å². The Bertz CT molecular complexity index is 746. The van der Waals surface area contributed by atoms with Crippen LogP contribution < -0.4 is 0 Å². The van der Waals surface area contributed by atoms with Gasteiger partial charge in [-0.2, -0.15) is 4.31 Å². The molecular weight excluding hydrogens is 344 g/mol. The SMILES string of the molecule is O=C(O)CN(C(=O)C1CCCN(S(=O)(=O)c2ccccc2)C1)C1CC1. The Hall–Kier alpha value is -1.93. The molecule has 8 heteroatoms. The maximum Gasteiger partial charge on any atom is 0.323 e. The van der Waals surface area contributed by atoms with Crippen LogP contribution in [0.1, 0.15) is 25.7 Å². The van der Waals surface area contributed by atoms with Gasteiger partial charge in [-0.05, 0) is 37.8 Å². The Morgan fingerprint density at radius 2 is 1.84 bits per heavy atom. The molecule has 1 aliphatic heterocycles. The van der Waals surface area contributed by atoms with Crippen LogP contribution in [0.3, 0.4) is 0 Å². The summed E-state index contributed by atoms with van der Waals surface area (Å²) < 4.78 is 26.9. The largest absolute Gasteiger partial charge is 0.480 e. The summed E-state index contributed by atoms with van der Waals surface area (Å²) in [4.78, 5) is 25.4. The number of carboxylic acid groups (broad SMARTS) is 1. The van der Waals surface area contributed by atoms with Gasteiger partial charge < -0.3 is 10.0 Å². The predicted octanol–water partition coefficient (Wildman–Crippen LogP) is 1.16. The summed E-state index contributed by atoms with van der Waals surface area (Å²) >= 11 is 0. The minimum absolute atomic E-state index is 0.00953. The van der Waals surface area contributed by atoms with Gasteiger partial charge in [0.25, 0.3) is 0 Å². The van der Waals surface area contributed by atoms with Crippen molar-refractivity contribution >= 4 is 21.9 Å². The molecule has 136 valence electrons. The minimum atomic E-state index is -3.64. The number of carbonyl (C=O) groups is 2. The van der Waals surface area contributed by atoms with Gasteiger partial charge in [-0.3, -0.25) is 9.59 Å². The van der Waals surface area contributed by atoms with E-state index in [-0.39, 0.29) is 29.9 Å². The Labute approximate surface area is 147 Å². The molecule has 1 atom stereocenters. The monoisotopic (exact) mass is 366 g/mol. The summed E-state index contributed by atoms with van der Waals surface area (Å²) in [5.74, 6) is -1.75. The number of nitrogens with zero attached hydrogens (tertiary/aromatic N) is 2. The first-order valence-corrected chi connectivity index (χ1v) is 9.91. The molecule has 1 aromatic carbocycles. The second-order valence-corrected chi connectivity index (χ2v) is 8.54. The first-order chi connectivity index (χ1) is 11.9. The maximum absolute atomic E-state index is 12.8. The van der Waals surface area contributed by atoms with Crippen LogP contribution >= 0.6 is 0 Å². The van der Waals surface area contributed by atoms with Gasteiger partial charge in [0, 0.05) is 19.1 Å². The first kappa shape index (κ1) is 17.9. The number of sulfonamides is 1. The van der Waals surface area contributed by atoms with Crippen molar-refractivity contribution < 1.29 is 23.1 Å². The van der Waals surface area contributed by atoms with E-state index >= 15 is 0 Å². The summed E-state index contributed by atoms with van der Waals surface area (Å²) in [6.45, 7) is 0.174. The molecule has 1 aromatic rings. The molecule has 7 nitrogen and oxygen atoms in total. The van der Waals surface area contributed by atoms with Crippen LogP contribution in [0, 0.1) is 5.92 Å². The number of rotatable bonds is 6. The number of hydrogen-bond acceptors (Lipinski definition) is 4. The smallest absolute Gasteiger partial charge is 0.323 e. The van der Waals surface area contributed by atoms with Crippen molar-refractivity contribution in [2.24, 2.45) is 5.92 Å². The fourth-order valence-electron chi connectivity index (χ4n) is 3.26. The van der Waals surface area contributed by atoms with Gasteiger partial charge in [-0.25, -0.2) is 8.42 Å². The molecule has 3 rings (SSSR count). The number of hydrogen-bond donors (Lipinski definition) is 1. The first-order valence-electron chi connectivity index (χ1n) is 8.47.